The normalized spacial score (nSPS) is 14.6. The van der Waals surface area contributed by atoms with Gasteiger partial charge < -0.3 is 15.0 Å². The molecule has 31 heavy (non-hydrogen) atoms. The fourth-order valence-electron chi connectivity index (χ4n) is 3.95. The van der Waals surface area contributed by atoms with Crippen molar-refractivity contribution < 1.29 is 9.53 Å². The molecule has 0 radical (unpaired) electrons. The Bertz CT molecular complexity index is 1010. The largest absolute Gasteiger partial charge is 0.379 e. The molecule has 0 spiro atoms. The van der Waals surface area contributed by atoms with Crippen LogP contribution in [0.15, 0.2) is 42.9 Å². The number of nitrogens with zero attached hydrogens (tertiary/aromatic N) is 5. The molecule has 1 saturated heterocycles. The second-order valence-electron chi connectivity index (χ2n) is 7.80. The van der Waals surface area contributed by atoms with Gasteiger partial charge in [0, 0.05) is 58.4 Å². The van der Waals surface area contributed by atoms with Crippen LogP contribution >= 0.6 is 0 Å². The molecule has 1 aliphatic heterocycles. The van der Waals surface area contributed by atoms with E-state index in [4.69, 9.17) is 9.72 Å². The van der Waals surface area contributed by atoms with E-state index in [0.29, 0.717) is 12.1 Å². The molecule has 164 valence electrons. The highest BCUT2D eigenvalue weighted by atomic mass is 16.5. The van der Waals surface area contributed by atoms with Gasteiger partial charge in [0.1, 0.15) is 11.5 Å². The minimum absolute atomic E-state index is 0.0651. The van der Waals surface area contributed by atoms with E-state index in [0.717, 1.165) is 63.0 Å². The minimum Gasteiger partial charge on any atom is -0.379 e. The van der Waals surface area contributed by atoms with Gasteiger partial charge in [0.25, 0.3) is 5.91 Å². The molecule has 4 rings (SSSR count). The molecular formula is C23H30N6O2. The summed E-state index contributed by atoms with van der Waals surface area (Å²) < 4.78 is 7.40. The highest BCUT2D eigenvalue weighted by Crippen LogP contribution is 2.24. The summed E-state index contributed by atoms with van der Waals surface area (Å²) in [4.78, 5) is 26.1. The molecule has 0 aromatic carbocycles. The maximum Gasteiger partial charge on any atom is 0.252 e. The number of aromatic nitrogens is 3. The van der Waals surface area contributed by atoms with Crippen molar-refractivity contribution in [1.82, 2.24) is 24.6 Å². The van der Waals surface area contributed by atoms with Gasteiger partial charge in [0.2, 0.25) is 0 Å². The van der Waals surface area contributed by atoms with Crippen LogP contribution in [0, 0.1) is 0 Å². The van der Waals surface area contributed by atoms with Crippen LogP contribution in [0.4, 0.5) is 5.82 Å². The molecule has 1 N–H and O–H groups in total. The first-order valence-electron chi connectivity index (χ1n) is 10.8. The van der Waals surface area contributed by atoms with E-state index in [9.17, 15) is 4.79 Å². The lowest BCUT2D eigenvalue weighted by Crippen LogP contribution is -2.41. The van der Waals surface area contributed by atoms with Gasteiger partial charge >= 0.3 is 0 Å². The van der Waals surface area contributed by atoms with Gasteiger partial charge in [-0.25, -0.2) is 4.98 Å². The monoisotopic (exact) mass is 422 g/mol. The molecule has 8 heteroatoms. The molecule has 1 fully saturated rings. The smallest absolute Gasteiger partial charge is 0.252 e. The van der Waals surface area contributed by atoms with Crippen LogP contribution in [0.1, 0.15) is 28.5 Å². The van der Waals surface area contributed by atoms with E-state index in [1.54, 1.807) is 12.4 Å². The summed E-state index contributed by atoms with van der Waals surface area (Å²) in [6.45, 7) is 7.66. The predicted molar refractivity (Wildman–Crippen MR) is 121 cm³/mol. The second-order valence-corrected chi connectivity index (χ2v) is 7.80. The quantitative estimate of drug-likeness (QED) is 0.598. The molecule has 0 atom stereocenters. The van der Waals surface area contributed by atoms with Gasteiger partial charge in [-0.3, -0.25) is 19.1 Å². The Morgan fingerprint density at radius 2 is 1.97 bits per heavy atom. The van der Waals surface area contributed by atoms with Crippen molar-refractivity contribution in [3.05, 3.63) is 59.7 Å². The number of hydrogen-bond donors (Lipinski definition) is 1. The van der Waals surface area contributed by atoms with Gasteiger partial charge in [-0.15, -0.1) is 0 Å². The molecule has 1 amide bonds. The van der Waals surface area contributed by atoms with Crippen molar-refractivity contribution in [3.8, 4) is 0 Å². The summed E-state index contributed by atoms with van der Waals surface area (Å²) >= 11 is 0. The number of morpholine rings is 1. The highest BCUT2D eigenvalue weighted by Gasteiger charge is 2.17. The number of carbonyl (C=O) groups is 1. The Morgan fingerprint density at radius 3 is 2.71 bits per heavy atom. The topological polar surface area (TPSA) is 75.0 Å². The first kappa shape index (κ1) is 21.3. The Hall–Kier alpha value is -2.97. The fourth-order valence-corrected chi connectivity index (χ4v) is 3.95. The van der Waals surface area contributed by atoms with Crippen LogP contribution in [0.5, 0.6) is 0 Å². The van der Waals surface area contributed by atoms with E-state index < -0.39 is 0 Å². The SMILES string of the molecule is CCc1nc2ccc(C(=O)NCCN3CCOCC3)cn2c1N(C)Cc1ccncc1. The zero-order valence-electron chi connectivity index (χ0n) is 18.3. The zero-order valence-corrected chi connectivity index (χ0v) is 18.3. The van der Waals surface area contributed by atoms with E-state index in [-0.39, 0.29) is 5.91 Å². The summed E-state index contributed by atoms with van der Waals surface area (Å²) in [5.74, 6) is 0.946. The summed E-state index contributed by atoms with van der Waals surface area (Å²) in [5.41, 5.74) is 3.67. The lowest BCUT2D eigenvalue weighted by atomic mass is 10.2. The van der Waals surface area contributed by atoms with Gasteiger partial charge in [-0.2, -0.15) is 0 Å². The van der Waals surface area contributed by atoms with Gasteiger partial charge in [0.15, 0.2) is 0 Å². The third-order valence-electron chi connectivity index (χ3n) is 5.61. The van der Waals surface area contributed by atoms with E-state index in [2.05, 4.69) is 34.1 Å². The fraction of sp³-hybridized carbons (Fsp3) is 0.435. The molecule has 0 unspecified atom stereocenters. The minimum atomic E-state index is -0.0651. The third-order valence-corrected chi connectivity index (χ3v) is 5.61. The molecule has 3 aromatic heterocycles. The Balaban J connectivity index is 1.50. The van der Waals surface area contributed by atoms with Crippen LogP contribution in [0.3, 0.4) is 0 Å². The van der Waals surface area contributed by atoms with Crippen molar-refractivity contribution in [2.24, 2.45) is 0 Å². The first-order valence-corrected chi connectivity index (χ1v) is 10.8. The van der Waals surface area contributed by atoms with Crippen molar-refractivity contribution >= 4 is 17.4 Å². The van der Waals surface area contributed by atoms with E-state index in [1.165, 1.54) is 5.56 Å². The number of amides is 1. The lowest BCUT2D eigenvalue weighted by molar-refractivity contribution is 0.0383. The summed E-state index contributed by atoms with van der Waals surface area (Å²) in [6.07, 6.45) is 6.32. The standard InChI is InChI=1S/C23H30N6O2/c1-3-20-23(27(2)16-18-6-8-24-9-7-18)29-17-19(4-5-21(29)26-20)22(30)25-10-11-28-12-14-31-15-13-28/h4-9,17H,3,10-16H2,1-2H3,(H,25,30). The van der Waals surface area contributed by atoms with E-state index >= 15 is 0 Å². The predicted octanol–water partition coefficient (Wildman–Crippen LogP) is 1.99. The number of imidazole rings is 1. The van der Waals surface area contributed by atoms with Crippen LogP contribution in [0.2, 0.25) is 0 Å². The van der Waals surface area contributed by atoms with Gasteiger partial charge in [-0.05, 0) is 36.2 Å². The van der Waals surface area contributed by atoms with Gasteiger partial charge in [0.05, 0.1) is 24.5 Å². The van der Waals surface area contributed by atoms with Crippen molar-refractivity contribution in [3.63, 3.8) is 0 Å². The summed E-state index contributed by atoms with van der Waals surface area (Å²) in [7, 11) is 2.05. The second kappa shape index (κ2) is 9.89. The average Bonchev–Trinajstić information content (AvgIpc) is 3.18. The number of aryl methyl sites for hydroxylation is 1. The number of fused-ring (bicyclic) bond motifs is 1. The number of pyridine rings is 2. The van der Waals surface area contributed by atoms with Gasteiger partial charge in [-0.1, -0.05) is 6.92 Å². The lowest BCUT2D eigenvalue weighted by Gasteiger charge is -2.26. The number of carbonyl (C=O) groups excluding carboxylic acids is 1. The third kappa shape index (κ3) is 5.03. The zero-order chi connectivity index (χ0) is 21.6. The molecule has 0 aliphatic carbocycles. The molecule has 1 aliphatic rings. The van der Waals surface area contributed by atoms with Crippen LogP contribution in [-0.4, -0.2) is 71.6 Å². The summed E-state index contributed by atoms with van der Waals surface area (Å²) in [5, 5.41) is 3.04. The molecular weight excluding hydrogens is 392 g/mol. The molecule has 4 heterocycles. The van der Waals surface area contributed by atoms with Crippen molar-refractivity contribution in [1.29, 1.82) is 0 Å². The van der Waals surface area contributed by atoms with Crippen molar-refractivity contribution in [2.75, 3.05) is 51.3 Å². The Morgan fingerprint density at radius 1 is 1.19 bits per heavy atom. The number of ether oxygens (including phenoxy) is 1. The average molecular weight is 423 g/mol. The van der Waals surface area contributed by atoms with Crippen LogP contribution in [0.25, 0.3) is 5.65 Å². The maximum absolute atomic E-state index is 12.8. The molecule has 0 bridgehead atoms. The Labute approximate surface area is 182 Å². The Kier molecular flexibility index (Phi) is 6.79. The summed E-state index contributed by atoms with van der Waals surface area (Å²) in [6, 6.07) is 7.79. The number of rotatable bonds is 8. The van der Waals surface area contributed by atoms with Crippen LogP contribution < -0.4 is 10.2 Å². The molecule has 0 saturated carbocycles. The first-order chi connectivity index (χ1) is 15.2. The van der Waals surface area contributed by atoms with Crippen molar-refractivity contribution in [2.45, 2.75) is 19.9 Å². The molecule has 8 nitrogen and oxygen atoms in total. The maximum atomic E-state index is 12.8. The number of hydrogen-bond acceptors (Lipinski definition) is 6. The number of anilines is 1. The van der Waals surface area contributed by atoms with E-state index in [1.807, 2.05) is 34.9 Å². The number of nitrogens with one attached hydrogen (secondary N) is 1. The highest BCUT2D eigenvalue weighted by molar-refractivity contribution is 5.94. The van der Waals surface area contributed by atoms with Crippen LogP contribution in [-0.2, 0) is 17.7 Å². The molecule has 3 aromatic rings.